The van der Waals surface area contributed by atoms with Crippen LogP contribution in [-0.2, 0) is 28.1 Å². The fourth-order valence-electron chi connectivity index (χ4n) is 0. The van der Waals surface area contributed by atoms with Gasteiger partial charge in [0.25, 0.3) is 11.0 Å². The predicted molar refractivity (Wildman–Crippen MR) is 21.5 cm³/mol. The molecule has 6 heavy (non-hydrogen) atoms. The minimum atomic E-state index is -3.12. The molecule has 0 rings (SSSR count). The molecular formula is H4CaCuO3S. The third-order valence-corrected chi connectivity index (χ3v) is 0. The quantitative estimate of drug-likeness (QED) is 0.266. The van der Waals surface area contributed by atoms with E-state index in [0.717, 1.165) is 0 Å². The van der Waals surface area contributed by atoms with Gasteiger partial charge in [0.1, 0.15) is 0 Å². The van der Waals surface area contributed by atoms with Crippen LogP contribution in [0, 0.1) is 0 Å². The van der Waals surface area contributed by atoms with Crippen molar-refractivity contribution in [1.29, 1.82) is 0 Å². The molecule has 0 unspecified atom stereocenters. The number of hydrogen-bond acceptors (Lipinski definition) is 2. The van der Waals surface area contributed by atoms with Crippen LogP contribution in [0.3, 0.4) is 0 Å². The van der Waals surface area contributed by atoms with Crippen LogP contribution in [0.5, 0.6) is 0 Å². The fraction of sp³-hybridized carbons (Fsp3) is 0. The molecule has 0 fully saturated rings. The number of hydrogen-bond donors (Lipinski definition) is 2. The molecule has 0 spiro atoms. The van der Waals surface area contributed by atoms with Crippen molar-refractivity contribution in [3.05, 3.63) is 0 Å². The molecule has 0 saturated heterocycles. The van der Waals surface area contributed by atoms with E-state index in [4.69, 9.17) is 13.0 Å². The van der Waals surface area contributed by atoms with Gasteiger partial charge < -0.3 is 0 Å². The summed E-state index contributed by atoms with van der Waals surface area (Å²) >= 11 is 0. The third-order valence-electron chi connectivity index (χ3n) is 0. The molecule has 1 N–H and O–H groups in total. The van der Waals surface area contributed by atoms with Crippen molar-refractivity contribution in [2.45, 2.75) is 0 Å². The molecule has 0 aliphatic rings. The van der Waals surface area contributed by atoms with Gasteiger partial charge >= 0.3 is 37.7 Å². The molecule has 0 aliphatic heterocycles. The maximum Gasteiger partial charge on any atom is 0 e. The van der Waals surface area contributed by atoms with Crippen molar-refractivity contribution in [2.24, 2.45) is 0 Å². The molecule has 1 radical (unpaired) electrons. The van der Waals surface area contributed by atoms with Gasteiger partial charge in [-0.2, -0.15) is 0 Å². The third kappa shape index (κ3) is 43.8. The van der Waals surface area contributed by atoms with Gasteiger partial charge in [0, 0.05) is 17.1 Å². The molecule has 0 saturated carbocycles. The van der Waals surface area contributed by atoms with Gasteiger partial charge in [0.05, 0.1) is 0 Å². The molecule has 0 heterocycles. The van der Waals surface area contributed by atoms with E-state index in [9.17, 15) is 0 Å². The summed E-state index contributed by atoms with van der Waals surface area (Å²) < 4.78 is 24.2. The van der Waals surface area contributed by atoms with Crippen LogP contribution in [-0.4, -0.2) is 50.7 Å². The Bertz CT molecular complexity index is 59.2. The van der Waals surface area contributed by atoms with Crippen molar-refractivity contribution in [3.8, 4) is 0 Å². The van der Waals surface area contributed by atoms with Gasteiger partial charge in [0.15, 0.2) is 0 Å². The zero-order valence-corrected chi connectivity index (χ0v) is 3.85. The molecule has 0 aromatic heterocycles. The summed E-state index contributed by atoms with van der Waals surface area (Å²) in [5, 5.41) is 0. The zero-order chi connectivity index (χ0) is 3.58. The van der Waals surface area contributed by atoms with Gasteiger partial charge in [-0.15, -0.1) is 0 Å². The Hall–Kier alpha value is 1.69. The Labute approximate surface area is 77.7 Å². The fourth-order valence-corrected chi connectivity index (χ4v) is 0. The average molecular weight is 188 g/mol. The van der Waals surface area contributed by atoms with Gasteiger partial charge in [-0.3, -0.25) is 4.55 Å². The SMILES string of the molecule is O=[SH](=O)O.[CaH2].[Cu]. The maximum atomic E-state index is 8.59. The Kier molecular flexibility index (Phi) is 25.7. The minimum absolute atomic E-state index is 0. The van der Waals surface area contributed by atoms with Crippen LogP contribution in [0.15, 0.2) is 0 Å². The van der Waals surface area contributed by atoms with E-state index in [1.54, 1.807) is 0 Å². The summed E-state index contributed by atoms with van der Waals surface area (Å²) in [7, 11) is -3.12. The Balaban J connectivity index is -0.0000000450. The van der Waals surface area contributed by atoms with Crippen molar-refractivity contribution in [3.63, 3.8) is 0 Å². The van der Waals surface area contributed by atoms with Gasteiger partial charge in [-0.25, -0.2) is 8.42 Å². The molecule has 0 bridgehead atoms. The van der Waals surface area contributed by atoms with Crippen LogP contribution in [0.4, 0.5) is 0 Å². The number of thiol groups is 1. The summed E-state index contributed by atoms with van der Waals surface area (Å²) in [5.41, 5.74) is 0. The van der Waals surface area contributed by atoms with Crippen LogP contribution in [0.2, 0.25) is 0 Å². The van der Waals surface area contributed by atoms with E-state index < -0.39 is 11.0 Å². The van der Waals surface area contributed by atoms with Crippen LogP contribution < -0.4 is 0 Å². The van der Waals surface area contributed by atoms with E-state index in [-0.39, 0.29) is 54.8 Å². The molecule has 0 aliphatic carbocycles. The van der Waals surface area contributed by atoms with E-state index >= 15 is 0 Å². The minimum Gasteiger partial charge on any atom is 0 e. The Morgan fingerprint density at radius 2 is 1.33 bits per heavy atom. The molecule has 0 atom stereocenters. The second-order valence-corrected chi connectivity index (χ2v) is 0.714. The molecular weight excluding hydrogens is 184 g/mol. The van der Waals surface area contributed by atoms with Crippen LogP contribution in [0.25, 0.3) is 0 Å². The van der Waals surface area contributed by atoms with Gasteiger partial charge in [-0.05, 0) is 0 Å². The molecule has 41 valence electrons. The first-order valence-electron chi connectivity index (χ1n) is 0.565. The second kappa shape index (κ2) is 9.85. The smallest absolute Gasteiger partial charge is 0 e. The second-order valence-electron chi connectivity index (χ2n) is 0.238. The first-order valence-corrected chi connectivity index (χ1v) is 1.70. The standard InChI is InChI=1S/Ca.Cu.H2O3S.2H/c;;1-4(2)3;;/h;;4H,(H,1,2,3);;. The van der Waals surface area contributed by atoms with Crippen LogP contribution in [0.1, 0.15) is 0 Å². The van der Waals surface area contributed by atoms with Crippen molar-refractivity contribution in [1.82, 2.24) is 0 Å². The normalized spacial score (nSPS) is 5.67. The summed E-state index contributed by atoms with van der Waals surface area (Å²) in [6, 6.07) is 0. The average Bonchev–Trinajstić information content (AvgIpc) is 0.811. The van der Waals surface area contributed by atoms with E-state index in [1.807, 2.05) is 0 Å². The number of rotatable bonds is 0. The first kappa shape index (κ1) is 15.6. The van der Waals surface area contributed by atoms with Gasteiger partial charge in [0.2, 0.25) is 0 Å². The summed E-state index contributed by atoms with van der Waals surface area (Å²) in [4.78, 5) is 0. The topological polar surface area (TPSA) is 54.4 Å². The monoisotopic (exact) mass is 187 g/mol. The Morgan fingerprint density at radius 3 is 1.33 bits per heavy atom. The maximum absolute atomic E-state index is 8.59. The molecule has 3 nitrogen and oxygen atoms in total. The Morgan fingerprint density at radius 1 is 1.33 bits per heavy atom. The predicted octanol–water partition coefficient (Wildman–Crippen LogP) is -1.85. The zero-order valence-electron chi connectivity index (χ0n) is 2.01. The summed E-state index contributed by atoms with van der Waals surface area (Å²) in [6.45, 7) is 0. The summed E-state index contributed by atoms with van der Waals surface area (Å²) in [6.07, 6.45) is 0. The van der Waals surface area contributed by atoms with Crippen LogP contribution >= 0.6 is 0 Å². The van der Waals surface area contributed by atoms with Crippen molar-refractivity contribution >= 4 is 48.7 Å². The summed E-state index contributed by atoms with van der Waals surface area (Å²) in [5.74, 6) is 0. The molecule has 0 aromatic carbocycles. The van der Waals surface area contributed by atoms with Crippen molar-refractivity contribution in [2.75, 3.05) is 0 Å². The van der Waals surface area contributed by atoms with Crippen molar-refractivity contribution < 1.29 is 30.0 Å². The molecule has 0 aromatic rings. The van der Waals surface area contributed by atoms with E-state index in [0.29, 0.717) is 0 Å². The largest absolute Gasteiger partial charge is 0 e. The van der Waals surface area contributed by atoms with E-state index in [2.05, 4.69) is 0 Å². The van der Waals surface area contributed by atoms with Gasteiger partial charge in [-0.1, -0.05) is 0 Å². The van der Waals surface area contributed by atoms with E-state index in [1.165, 1.54) is 0 Å². The molecule has 0 amide bonds. The molecule has 6 heteroatoms. The first-order chi connectivity index (χ1) is 1.73.